The number of methoxy groups -OCH3 is 1. The van der Waals surface area contributed by atoms with Gasteiger partial charge in [-0.3, -0.25) is 0 Å². The highest BCUT2D eigenvalue weighted by atomic mass is 19.1. The maximum atomic E-state index is 13.3. The summed E-state index contributed by atoms with van der Waals surface area (Å²) in [6, 6.07) is 4.33. The molecule has 0 aliphatic carbocycles. The first-order chi connectivity index (χ1) is 9.13. The summed E-state index contributed by atoms with van der Waals surface area (Å²) in [7, 11) is 1.39. The Balaban J connectivity index is 2.22. The maximum absolute atomic E-state index is 13.3. The zero-order valence-corrected chi connectivity index (χ0v) is 10.8. The Morgan fingerprint density at radius 1 is 1.47 bits per heavy atom. The Hall–Kier alpha value is -1.95. The molecule has 5 nitrogen and oxygen atoms in total. The van der Waals surface area contributed by atoms with E-state index in [1.54, 1.807) is 6.07 Å². The van der Waals surface area contributed by atoms with E-state index in [-0.39, 0.29) is 5.75 Å². The van der Waals surface area contributed by atoms with Gasteiger partial charge in [-0.2, -0.15) is 4.98 Å². The average Bonchev–Trinajstić information content (AvgIpc) is 2.87. The van der Waals surface area contributed by atoms with E-state index in [0.29, 0.717) is 30.1 Å². The van der Waals surface area contributed by atoms with Crippen molar-refractivity contribution in [2.45, 2.75) is 25.9 Å². The summed E-state index contributed by atoms with van der Waals surface area (Å²) in [6.07, 6.45) is 0.417. The first-order valence-electron chi connectivity index (χ1n) is 5.98. The Bertz CT molecular complexity index is 557. The summed E-state index contributed by atoms with van der Waals surface area (Å²) in [4.78, 5) is 4.16. The summed E-state index contributed by atoms with van der Waals surface area (Å²) in [5, 5.41) is 13.3. The minimum atomic E-state index is -0.504. The molecule has 19 heavy (non-hydrogen) atoms. The third kappa shape index (κ3) is 3.08. The van der Waals surface area contributed by atoms with Gasteiger partial charge in [-0.1, -0.05) is 12.1 Å². The number of aliphatic hydroxyl groups is 1. The third-order valence-electron chi connectivity index (χ3n) is 2.76. The highest BCUT2D eigenvalue weighted by Gasteiger charge is 2.13. The average molecular weight is 266 g/mol. The van der Waals surface area contributed by atoms with E-state index in [1.165, 1.54) is 19.2 Å². The van der Waals surface area contributed by atoms with Gasteiger partial charge in [0.2, 0.25) is 11.7 Å². The van der Waals surface area contributed by atoms with Crippen molar-refractivity contribution in [2.24, 2.45) is 0 Å². The third-order valence-corrected chi connectivity index (χ3v) is 2.76. The molecule has 0 spiro atoms. The molecule has 0 saturated carbocycles. The lowest BCUT2D eigenvalue weighted by Gasteiger charge is -2.02. The highest BCUT2D eigenvalue weighted by Crippen LogP contribution is 2.24. The molecule has 2 aromatic rings. The van der Waals surface area contributed by atoms with E-state index >= 15 is 0 Å². The van der Waals surface area contributed by atoms with Crippen LogP contribution in [0.5, 0.6) is 5.75 Å². The fourth-order valence-corrected chi connectivity index (χ4v) is 1.60. The largest absolute Gasteiger partial charge is 0.494 e. The van der Waals surface area contributed by atoms with Crippen molar-refractivity contribution < 1.29 is 18.8 Å². The van der Waals surface area contributed by atoms with Crippen LogP contribution in [0, 0.1) is 5.82 Å². The molecule has 0 aliphatic rings. The molecule has 1 unspecified atom stereocenters. The second-order valence-electron chi connectivity index (χ2n) is 4.13. The quantitative estimate of drug-likeness (QED) is 0.898. The predicted molar refractivity (Wildman–Crippen MR) is 66.2 cm³/mol. The molecule has 0 bridgehead atoms. The lowest BCUT2D eigenvalue weighted by atomic mass is 10.2. The monoisotopic (exact) mass is 266 g/mol. The molecule has 0 radical (unpaired) electrons. The number of hydrogen-bond acceptors (Lipinski definition) is 5. The Kier molecular flexibility index (Phi) is 4.11. The first kappa shape index (κ1) is 13.5. The van der Waals surface area contributed by atoms with Crippen molar-refractivity contribution in [2.75, 3.05) is 7.11 Å². The standard InChI is InChI=1S/C13H15FN2O3/c1-3-9(17)7-12-15-13(16-19-12)8-4-5-10(14)11(6-8)18-2/h4-6,9,17H,3,7H2,1-2H3. The second kappa shape index (κ2) is 5.79. The van der Waals surface area contributed by atoms with Crippen molar-refractivity contribution >= 4 is 0 Å². The topological polar surface area (TPSA) is 68.4 Å². The van der Waals surface area contributed by atoms with E-state index in [9.17, 15) is 9.50 Å². The van der Waals surface area contributed by atoms with Crippen LogP contribution in [0.3, 0.4) is 0 Å². The van der Waals surface area contributed by atoms with Crippen LogP contribution in [0.2, 0.25) is 0 Å². The molecular formula is C13H15FN2O3. The Labute approximate surface area is 110 Å². The fourth-order valence-electron chi connectivity index (χ4n) is 1.60. The SMILES string of the molecule is CCC(O)Cc1nc(-c2ccc(F)c(OC)c2)no1. The number of rotatable bonds is 5. The number of hydrogen-bond donors (Lipinski definition) is 1. The van der Waals surface area contributed by atoms with Crippen molar-refractivity contribution in [3.05, 3.63) is 29.9 Å². The minimum Gasteiger partial charge on any atom is -0.494 e. The lowest BCUT2D eigenvalue weighted by Crippen LogP contribution is -2.08. The van der Waals surface area contributed by atoms with Gasteiger partial charge in [0, 0.05) is 5.56 Å². The zero-order chi connectivity index (χ0) is 13.8. The number of aromatic nitrogens is 2. The van der Waals surface area contributed by atoms with E-state index in [1.807, 2.05) is 6.92 Å². The number of nitrogens with zero attached hydrogens (tertiary/aromatic N) is 2. The summed E-state index contributed by atoms with van der Waals surface area (Å²) in [5.41, 5.74) is 0.597. The van der Waals surface area contributed by atoms with Gasteiger partial charge in [0.15, 0.2) is 11.6 Å². The Morgan fingerprint density at radius 2 is 2.26 bits per heavy atom. The first-order valence-corrected chi connectivity index (χ1v) is 5.98. The molecule has 0 saturated heterocycles. The number of halogens is 1. The van der Waals surface area contributed by atoms with E-state index in [0.717, 1.165) is 0 Å². The van der Waals surface area contributed by atoms with Crippen LogP contribution in [-0.2, 0) is 6.42 Å². The predicted octanol–water partition coefficient (Wildman–Crippen LogP) is 2.20. The molecule has 1 N–H and O–H groups in total. The van der Waals surface area contributed by atoms with Gasteiger partial charge in [0.25, 0.3) is 0 Å². The van der Waals surface area contributed by atoms with Gasteiger partial charge >= 0.3 is 0 Å². The summed E-state index contributed by atoms with van der Waals surface area (Å²) >= 11 is 0. The van der Waals surface area contributed by atoms with Crippen molar-refractivity contribution in [1.82, 2.24) is 10.1 Å². The van der Waals surface area contributed by atoms with Gasteiger partial charge < -0.3 is 14.4 Å². The van der Waals surface area contributed by atoms with Crippen LogP contribution in [-0.4, -0.2) is 28.5 Å². The summed E-state index contributed by atoms with van der Waals surface area (Å²) in [5.74, 6) is 0.373. The van der Waals surface area contributed by atoms with Crippen LogP contribution < -0.4 is 4.74 Å². The van der Waals surface area contributed by atoms with Crippen molar-refractivity contribution in [3.8, 4) is 17.1 Å². The molecule has 0 aliphatic heterocycles. The second-order valence-corrected chi connectivity index (χ2v) is 4.13. The molecule has 102 valence electrons. The molecule has 1 heterocycles. The summed E-state index contributed by atoms with van der Waals surface area (Å²) in [6.45, 7) is 1.87. The van der Waals surface area contributed by atoms with E-state index < -0.39 is 11.9 Å². The smallest absolute Gasteiger partial charge is 0.229 e. The van der Waals surface area contributed by atoms with Gasteiger partial charge in [0.05, 0.1) is 19.6 Å². The van der Waals surface area contributed by atoms with Crippen LogP contribution in [0.4, 0.5) is 4.39 Å². The molecule has 6 heteroatoms. The molecule has 0 amide bonds. The van der Waals surface area contributed by atoms with E-state index in [4.69, 9.17) is 9.26 Å². The molecular weight excluding hydrogens is 251 g/mol. The fraction of sp³-hybridized carbons (Fsp3) is 0.385. The summed E-state index contributed by atoms with van der Waals surface area (Å²) < 4.78 is 23.2. The van der Waals surface area contributed by atoms with Gasteiger partial charge in [-0.15, -0.1) is 0 Å². The van der Waals surface area contributed by atoms with E-state index in [2.05, 4.69) is 10.1 Å². The number of ether oxygens (including phenoxy) is 1. The van der Waals surface area contributed by atoms with Gasteiger partial charge in [-0.05, 0) is 24.6 Å². The minimum absolute atomic E-state index is 0.123. The van der Waals surface area contributed by atoms with Gasteiger partial charge in [-0.25, -0.2) is 4.39 Å². The number of benzene rings is 1. The highest BCUT2D eigenvalue weighted by molar-refractivity contribution is 5.57. The zero-order valence-electron chi connectivity index (χ0n) is 10.8. The molecule has 2 rings (SSSR count). The van der Waals surface area contributed by atoms with Gasteiger partial charge in [0.1, 0.15) is 0 Å². The van der Waals surface area contributed by atoms with Crippen LogP contribution in [0.15, 0.2) is 22.7 Å². The molecule has 1 aromatic carbocycles. The normalized spacial score (nSPS) is 12.4. The molecule has 1 aromatic heterocycles. The van der Waals surface area contributed by atoms with Crippen LogP contribution in [0.25, 0.3) is 11.4 Å². The van der Waals surface area contributed by atoms with Crippen molar-refractivity contribution in [3.63, 3.8) is 0 Å². The number of aliphatic hydroxyl groups excluding tert-OH is 1. The van der Waals surface area contributed by atoms with Crippen LogP contribution >= 0.6 is 0 Å². The maximum Gasteiger partial charge on any atom is 0.229 e. The molecule has 0 fully saturated rings. The van der Waals surface area contributed by atoms with Crippen LogP contribution in [0.1, 0.15) is 19.2 Å². The Morgan fingerprint density at radius 3 is 2.95 bits per heavy atom. The molecule has 1 atom stereocenters. The lowest BCUT2D eigenvalue weighted by molar-refractivity contribution is 0.158. The van der Waals surface area contributed by atoms with Crippen molar-refractivity contribution in [1.29, 1.82) is 0 Å².